The molecular weight excluding hydrogens is 406 g/mol. The maximum atomic E-state index is 12.9. The second kappa shape index (κ2) is 9.64. The van der Waals surface area contributed by atoms with Crippen LogP contribution >= 0.6 is 12.4 Å². The predicted molar refractivity (Wildman–Crippen MR) is 116 cm³/mol. The fraction of sp³-hybridized carbons (Fsp3) is 0.455. The molecule has 1 aromatic heterocycles. The summed E-state index contributed by atoms with van der Waals surface area (Å²) in [7, 11) is 1.70. The maximum Gasteiger partial charge on any atom is 0.287 e. The Morgan fingerprint density at radius 3 is 2.80 bits per heavy atom. The third kappa shape index (κ3) is 4.53. The van der Waals surface area contributed by atoms with E-state index in [1.54, 1.807) is 18.1 Å². The predicted octanol–water partition coefficient (Wildman–Crippen LogP) is 2.54. The molecule has 0 aliphatic carbocycles. The third-order valence-electron chi connectivity index (χ3n) is 5.95. The summed E-state index contributed by atoms with van der Waals surface area (Å²) < 4.78 is 10.9. The Hall–Kier alpha value is -2.35. The van der Waals surface area contributed by atoms with Crippen molar-refractivity contribution in [3.8, 4) is 0 Å². The van der Waals surface area contributed by atoms with Crippen molar-refractivity contribution in [3.05, 3.63) is 53.5 Å². The summed E-state index contributed by atoms with van der Waals surface area (Å²) in [5, 5.41) is 6.38. The Morgan fingerprint density at radius 2 is 2.03 bits per heavy atom. The molecule has 7 nitrogen and oxygen atoms in total. The first-order valence-corrected chi connectivity index (χ1v) is 10.0. The average Bonchev–Trinajstić information content (AvgIpc) is 3.32. The highest BCUT2D eigenvalue weighted by molar-refractivity contribution is 6.01. The van der Waals surface area contributed by atoms with Gasteiger partial charge in [0.05, 0.1) is 25.8 Å². The van der Waals surface area contributed by atoms with Crippen molar-refractivity contribution in [1.29, 1.82) is 0 Å². The number of furan rings is 1. The number of hydrogen-bond donors (Lipinski definition) is 2. The van der Waals surface area contributed by atoms with Crippen molar-refractivity contribution in [2.75, 3.05) is 38.3 Å². The smallest absolute Gasteiger partial charge is 0.287 e. The fourth-order valence-corrected chi connectivity index (χ4v) is 4.30. The van der Waals surface area contributed by atoms with E-state index in [0.29, 0.717) is 31.7 Å². The first kappa shape index (κ1) is 22.3. The van der Waals surface area contributed by atoms with Crippen LogP contribution in [0.4, 0.5) is 5.69 Å². The van der Waals surface area contributed by atoms with E-state index in [2.05, 4.69) is 10.6 Å². The summed E-state index contributed by atoms with van der Waals surface area (Å²) in [5.74, 6) is 0.0511. The van der Waals surface area contributed by atoms with Crippen molar-refractivity contribution < 1.29 is 18.7 Å². The number of hydrogen-bond acceptors (Lipinski definition) is 5. The Labute approximate surface area is 182 Å². The number of halogens is 1. The minimum absolute atomic E-state index is 0. The number of piperidine rings is 1. The van der Waals surface area contributed by atoms with E-state index >= 15 is 0 Å². The summed E-state index contributed by atoms with van der Waals surface area (Å²) in [4.78, 5) is 27.0. The van der Waals surface area contributed by atoms with Crippen LogP contribution < -0.4 is 15.5 Å². The number of nitrogens with zero attached hydrogens (tertiary/aromatic N) is 1. The van der Waals surface area contributed by atoms with Crippen molar-refractivity contribution in [3.63, 3.8) is 0 Å². The molecule has 8 heteroatoms. The monoisotopic (exact) mass is 433 g/mol. The summed E-state index contributed by atoms with van der Waals surface area (Å²) in [6.45, 7) is 3.30. The first-order valence-electron chi connectivity index (χ1n) is 10.0. The number of benzene rings is 1. The van der Waals surface area contributed by atoms with Gasteiger partial charge in [-0.25, -0.2) is 0 Å². The van der Waals surface area contributed by atoms with Crippen LogP contribution in [0.15, 0.2) is 41.0 Å². The van der Waals surface area contributed by atoms with Gasteiger partial charge in [0.15, 0.2) is 5.76 Å². The maximum absolute atomic E-state index is 12.9. The van der Waals surface area contributed by atoms with Gasteiger partial charge in [0.1, 0.15) is 0 Å². The van der Waals surface area contributed by atoms with E-state index in [-0.39, 0.29) is 35.4 Å². The molecule has 2 aliphatic heterocycles. The molecule has 0 bridgehead atoms. The lowest BCUT2D eigenvalue weighted by Crippen LogP contribution is -2.47. The van der Waals surface area contributed by atoms with E-state index in [4.69, 9.17) is 9.15 Å². The van der Waals surface area contributed by atoms with Gasteiger partial charge in [0.2, 0.25) is 5.91 Å². The molecule has 2 aliphatic rings. The van der Waals surface area contributed by atoms with Crippen LogP contribution in [-0.4, -0.2) is 45.2 Å². The second-order valence-corrected chi connectivity index (χ2v) is 7.93. The van der Waals surface area contributed by atoms with Gasteiger partial charge in [-0.3, -0.25) is 9.59 Å². The molecule has 2 aromatic rings. The molecule has 2 N–H and O–H groups in total. The molecule has 1 fully saturated rings. The molecule has 0 atom stereocenters. The molecule has 1 saturated heterocycles. The number of ether oxygens (including phenoxy) is 1. The lowest BCUT2D eigenvalue weighted by atomic mass is 9.79. The van der Waals surface area contributed by atoms with Crippen molar-refractivity contribution in [2.45, 2.75) is 25.8 Å². The van der Waals surface area contributed by atoms with Crippen molar-refractivity contribution >= 4 is 29.9 Å². The summed E-state index contributed by atoms with van der Waals surface area (Å²) in [6.07, 6.45) is 3.80. The molecule has 4 rings (SSSR count). The molecule has 0 radical (unpaired) electrons. The van der Waals surface area contributed by atoms with Gasteiger partial charge in [-0.1, -0.05) is 18.2 Å². The minimum atomic E-state index is -0.251. The zero-order chi connectivity index (χ0) is 20.3. The second-order valence-electron chi connectivity index (χ2n) is 7.93. The van der Waals surface area contributed by atoms with Crippen LogP contribution in [0.3, 0.4) is 0 Å². The molecule has 0 spiro atoms. The number of para-hydroxylation sites is 1. The minimum Gasteiger partial charge on any atom is -0.459 e. The number of fused-ring (bicyclic) bond motifs is 1. The number of carbonyl (C=O) groups is 2. The standard InChI is InChI=1S/C22H27N3O4.ClH/c1-28-15-22(7-9-23-10-8-22)14-24-21(27)20-17(6-11-29-20)13-25-18-5-3-2-4-16(18)12-19(25)26;/h2-6,11,23H,7-10,12-15H2,1H3,(H,24,27);1H. The largest absolute Gasteiger partial charge is 0.459 e. The van der Waals surface area contributed by atoms with Crippen molar-refractivity contribution in [2.24, 2.45) is 5.41 Å². The molecule has 3 heterocycles. The Bertz CT molecular complexity index is 887. The molecule has 30 heavy (non-hydrogen) atoms. The topological polar surface area (TPSA) is 83.8 Å². The lowest BCUT2D eigenvalue weighted by molar-refractivity contribution is -0.117. The first-order chi connectivity index (χ1) is 14.1. The summed E-state index contributed by atoms with van der Waals surface area (Å²) in [5.41, 5.74) is 2.56. The van der Waals surface area contributed by atoms with Gasteiger partial charge < -0.3 is 24.7 Å². The molecule has 2 amide bonds. The van der Waals surface area contributed by atoms with Crippen LogP contribution in [-0.2, 0) is 22.5 Å². The van der Waals surface area contributed by atoms with E-state index in [9.17, 15) is 9.59 Å². The van der Waals surface area contributed by atoms with Gasteiger partial charge in [-0.2, -0.15) is 0 Å². The van der Waals surface area contributed by atoms with Gasteiger partial charge in [0, 0.05) is 30.3 Å². The van der Waals surface area contributed by atoms with Crippen molar-refractivity contribution in [1.82, 2.24) is 10.6 Å². The van der Waals surface area contributed by atoms with Crippen LogP contribution in [0.1, 0.15) is 34.5 Å². The van der Waals surface area contributed by atoms with Crippen LogP contribution in [0.5, 0.6) is 0 Å². The van der Waals surface area contributed by atoms with E-state index in [1.165, 1.54) is 6.26 Å². The summed E-state index contributed by atoms with van der Waals surface area (Å²) >= 11 is 0. The molecule has 1 aromatic carbocycles. The lowest BCUT2D eigenvalue weighted by Gasteiger charge is -2.37. The number of carbonyl (C=O) groups excluding carboxylic acids is 2. The van der Waals surface area contributed by atoms with E-state index < -0.39 is 0 Å². The number of rotatable bonds is 7. The zero-order valence-electron chi connectivity index (χ0n) is 17.1. The Kier molecular flexibility index (Phi) is 7.18. The van der Waals surface area contributed by atoms with Crippen LogP contribution in [0, 0.1) is 5.41 Å². The molecule has 162 valence electrons. The van der Waals surface area contributed by atoms with Crippen LogP contribution in [0.25, 0.3) is 0 Å². The number of anilines is 1. The normalized spacial score (nSPS) is 17.4. The zero-order valence-corrected chi connectivity index (χ0v) is 17.9. The molecular formula is C22H28ClN3O4. The highest BCUT2D eigenvalue weighted by Gasteiger charge is 2.33. The SMILES string of the molecule is COCC1(CNC(=O)c2occc2CN2C(=O)Cc3ccccc32)CCNCC1.Cl. The highest BCUT2D eigenvalue weighted by atomic mass is 35.5. The van der Waals surface area contributed by atoms with Crippen LogP contribution in [0.2, 0.25) is 0 Å². The summed E-state index contributed by atoms with van der Waals surface area (Å²) in [6, 6.07) is 9.51. The Balaban J connectivity index is 0.00000256. The van der Waals surface area contributed by atoms with E-state index in [0.717, 1.165) is 37.2 Å². The van der Waals surface area contributed by atoms with Gasteiger partial charge in [-0.15, -0.1) is 12.4 Å². The average molecular weight is 434 g/mol. The fourth-order valence-electron chi connectivity index (χ4n) is 4.30. The molecule has 0 unspecified atom stereocenters. The number of methoxy groups -OCH3 is 1. The van der Waals surface area contributed by atoms with Gasteiger partial charge in [-0.05, 0) is 43.6 Å². The number of amides is 2. The number of nitrogens with one attached hydrogen (secondary N) is 2. The van der Waals surface area contributed by atoms with Gasteiger partial charge >= 0.3 is 0 Å². The van der Waals surface area contributed by atoms with E-state index in [1.807, 2.05) is 24.3 Å². The Morgan fingerprint density at radius 1 is 1.27 bits per heavy atom. The third-order valence-corrected chi connectivity index (χ3v) is 5.95. The quantitative estimate of drug-likeness (QED) is 0.701. The molecule has 0 saturated carbocycles. The van der Waals surface area contributed by atoms with Gasteiger partial charge in [0.25, 0.3) is 5.91 Å². The highest BCUT2D eigenvalue weighted by Crippen LogP contribution is 2.31.